The van der Waals surface area contributed by atoms with Crippen LogP contribution in [0.4, 0.5) is 0 Å². The Morgan fingerprint density at radius 1 is 1.00 bits per heavy atom. The predicted molar refractivity (Wildman–Crippen MR) is 127 cm³/mol. The Labute approximate surface area is 195 Å². The summed E-state index contributed by atoms with van der Waals surface area (Å²) in [5.41, 5.74) is 2.55. The number of hydrogen-bond donors (Lipinski definition) is 2. The number of thiophene rings is 2. The lowest BCUT2D eigenvalue weighted by molar-refractivity contribution is 0.0949. The van der Waals surface area contributed by atoms with E-state index in [0.29, 0.717) is 23.0 Å². The first-order valence-electron chi connectivity index (χ1n) is 9.71. The Bertz CT molecular complexity index is 1240. The van der Waals surface area contributed by atoms with Gasteiger partial charge in [0.05, 0.1) is 27.7 Å². The van der Waals surface area contributed by atoms with E-state index in [1.165, 1.54) is 11.8 Å². The van der Waals surface area contributed by atoms with Gasteiger partial charge in [0.25, 0.3) is 5.91 Å². The second-order valence-corrected chi connectivity index (χ2v) is 9.52. The van der Waals surface area contributed by atoms with Gasteiger partial charge >= 0.3 is 0 Å². The molecule has 160 valence electrons. The van der Waals surface area contributed by atoms with Gasteiger partial charge in [-0.3, -0.25) is 4.79 Å². The number of rotatable bonds is 8. The molecular weight excluding hydrogens is 462 g/mol. The van der Waals surface area contributed by atoms with E-state index in [1.54, 1.807) is 34.8 Å². The Kier molecular flexibility index (Phi) is 6.15. The number of carbonyl (C=O) groups is 1. The van der Waals surface area contributed by atoms with Crippen LogP contribution in [0, 0.1) is 0 Å². The number of amides is 1. The zero-order chi connectivity index (χ0) is 21.8. The molecule has 4 heterocycles. The first-order chi connectivity index (χ1) is 15.8. The normalized spacial score (nSPS) is 11.0. The van der Waals surface area contributed by atoms with E-state index in [2.05, 4.69) is 38.0 Å². The van der Waals surface area contributed by atoms with Gasteiger partial charge in [-0.25, -0.2) is 4.98 Å². The predicted octanol–water partition coefficient (Wildman–Crippen LogP) is 5.47. The van der Waals surface area contributed by atoms with Gasteiger partial charge in [-0.05, 0) is 35.0 Å². The highest BCUT2D eigenvalue weighted by Crippen LogP contribution is 2.37. The molecule has 10 heteroatoms. The summed E-state index contributed by atoms with van der Waals surface area (Å²) in [4.78, 5) is 27.0. The molecule has 4 aromatic heterocycles. The van der Waals surface area contributed by atoms with Crippen LogP contribution < -0.4 is 5.32 Å². The van der Waals surface area contributed by atoms with E-state index in [0.717, 1.165) is 26.3 Å². The number of benzene rings is 1. The second kappa shape index (κ2) is 9.51. The molecule has 7 nitrogen and oxygen atoms in total. The van der Waals surface area contributed by atoms with Crippen molar-refractivity contribution in [2.75, 3.05) is 0 Å². The fraction of sp³-hybridized carbons (Fsp3) is 0.0909. The van der Waals surface area contributed by atoms with E-state index >= 15 is 0 Å². The van der Waals surface area contributed by atoms with Crippen molar-refractivity contribution in [2.24, 2.45) is 0 Å². The highest BCUT2D eigenvalue weighted by atomic mass is 32.2. The van der Waals surface area contributed by atoms with Crippen molar-refractivity contribution >= 4 is 40.3 Å². The van der Waals surface area contributed by atoms with E-state index in [4.69, 9.17) is 9.51 Å². The summed E-state index contributed by atoms with van der Waals surface area (Å²) >= 11 is 4.83. The van der Waals surface area contributed by atoms with Crippen molar-refractivity contribution in [1.82, 2.24) is 25.4 Å². The molecule has 0 aliphatic rings. The monoisotopic (exact) mass is 479 g/mol. The summed E-state index contributed by atoms with van der Waals surface area (Å²) in [6.45, 7) is 0.202. The summed E-state index contributed by atoms with van der Waals surface area (Å²) in [6.07, 6.45) is 0. The van der Waals surface area contributed by atoms with Crippen molar-refractivity contribution in [3.8, 4) is 21.1 Å². The molecule has 1 aromatic carbocycles. The third-order valence-electron chi connectivity index (χ3n) is 4.49. The molecule has 0 aliphatic heterocycles. The van der Waals surface area contributed by atoms with Crippen LogP contribution >= 0.6 is 34.4 Å². The lowest BCUT2D eigenvalue weighted by Crippen LogP contribution is -2.23. The van der Waals surface area contributed by atoms with Crippen LogP contribution in [0.2, 0.25) is 0 Å². The molecule has 5 aromatic rings. The van der Waals surface area contributed by atoms with Crippen molar-refractivity contribution in [3.05, 3.63) is 82.6 Å². The quantitative estimate of drug-likeness (QED) is 0.286. The van der Waals surface area contributed by atoms with Gasteiger partial charge in [0.15, 0.2) is 11.0 Å². The lowest BCUT2D eigenvalue weighted by Gasteiger charge is -2.01. The third-order valence-corrected chi connectivity index (χ3v) is 7.11. The maximum atomic E-state index is 12.2. The number of hydrogen-bond acceptors (Lipinski definition) is 8. The molecule has 0 fully saturated rings. The van der Waals surface area contributed by atoms with Gasteiger partial charge in [0.2, 0.25) is 5.89 Å². The van der Waals surface area contributed by atoms with Crippen LogP contribution in [0.25, 0.3) is 21.1 Å². The Hall–Kier alpha value is -3.21. The Balaban J connectivity index is 1.23. The molecule has 0 bridgehead atoms. The van der Waals surface area contributed by atoms with E-state index in [-0.39, 0.29) is 12.5 Å². The third kappa shape index (κ3) is 4.67. The zero-order valence-electron chi connectivity index (χ0n) is 16.6. The Morgan fingerprint density at radius 2 is 1.78 bits per heavy atom. The van der Waals surface area contributed by atoms with Crippen molar-refractivity contribution in [2.45, 2.75) is 17.5 Å². The average Bonchev–Trinajstić information content (AvgIpc) is 3.63. The van der Waals surface area contributed by atoms with Crippen molar-refractivity contribution < 1.29 is 9.32 Å². The number of aromatic amines is 1. The van der Waals surface area contributed by atoms with Crippen LogP contribution in [0.5, 0.6) is 0 Å². The van der Waals surface area contributed by atoms with Crippen LogP contribution in [0.1, 0.15) is 22.1 Å². The zero-order valence-corrected chi connectivity index (χ0v) is 19.1. The van der Waals surface area contributed by atoms with E-state index in [1.807, 2.05) is 35.7 Å². The van der Waals surface area contributed by atoms with Gasteiger partial charge in [-0.1, -0.05) is 47.3 Å². The molecule has 0 aliphatic carbocycles. The molecule has 2 N–H and O–H groups in total. The summed E-state index contributed by atoms with van der Waals surface area (Å²) in [5, 5.41) is 11.6. The fourth-order valence-electron chi connectivity index (χ4n) is 3.01. The standard InChI is InChI=1S/C22H17N5O2S3/c28-21(14-6-2-1-3-7-14)23-12-17-24-18(29-27-17)13-32-22-25-19(15-8-4-10-30-15)20(26-22)16-9-5-11-31-16/h1-11H,12-13H2,(H,23,28)(H,25,26). The van der Waals surface area contributed by atoms with Crippen LogP contribution in [0.3, 0.4) is 0 Å². The molecule has 0 saturated carbocycles. The molecule has 0 atom stereocenters. The van der Waals surface area contributed by atoms with E-state index in [9.17, 15) is 4.79 Å². The van der Waals surface area contributed by atoms with Gasteiger partial charge in [-0.15, -0.1) is 22.7 Å². The molecule has 0 saturated heterocycles. The number of H-pyrrole nitrogens is 1. The minimum absolute atomic E-state index is 0.177. The maximum Gasteiger partial charge on any atom is 0.251 e. The van der Waals surface area contributed by atoms with Gasteiger partial charge in [-0.2, -0.15) is 4.98 Å². The van der Waals surface area contributed by atoms with Gasteiger partial charge < -0.3 is 14.8 Å². The molecule has 1 amide bonds. The maximum absolute atomic E-state index is 12.2. The van der Waals surface area contributed by atoms with Crippen LogP contribution in [-0.2, 0) is 12.3 Å². The van der Waals surface area contributed by atoms with Gasteiger partial charge in [0.1, 0.15) is 5.69 Å². The Morgan fingerprint density at radius 3 is 2.53 bits per heavy atom. The summed E-state index contributed by atoms with van der Waals surface area (Å²) < 4.78 is 5.34. The van der Waals surface area contributed by atoms with Crippen molar-refractivity contribution in [1.29, 1.82) is 0 Å². The highest BCUT2D eigenvalue weighted by molar-refractivity contribution is 7.98. The number of thioether (sulfide) groups is 1. The molecular formula is C22H17N5O2S3. The van der Waals surface area contributed by atoms with Crippen molar-refractivity contribution in [3.63, 3.8) is 0 Å². The molecule has 0 unspecified atom stereocenters. The largest absolute Gasteiger partial charge is 0.345 e. The second-order valence-electron chi connectivity index (χ2n) is 6.66. The number of imidazole rings is 1. The number of carbonyl (C=O) groups excluding carboxylic acids is 1. The molecule has 0 radical (unpaired) electrons. The minimum atomic E-state index is -0.177. The smallest absolute Gasteiger partial charge is 0.251 e. The van der Waals surface area contributed by atoms with E-state index < -0.39 is 0 Å². The average molecular weight is 480 g/mol. The highest BCUT2D eigenvalue weighted by Gasteiger charge is 2.17. The first-order valence-corrected chi connectivity index (χ1v) is 12.5. The van der Waals surface area contributed by atoms with Gasteiger partial charge in [0, 0.05) is 5.56 Å². The lowest BCUT2D eigenvalue weighted by atomic mass is 10.2. The first kappa shape index (κ1) is 20.7. The number of nitrogens with one attached hydrogen (secondary N) is 2. The summed E-state index contributed by atoms with van der Waals surface area (Å²) in [7, 11) is 0. The molecule has 5 rings (SSSR count). The molecule has 0 spiro atoms. The topological polar surface area (TPSA) is 96.7 Å². The minimum Gasteiger partial charge on any atom is -0.345 e. The summed E-state index contributed by atoms with van der Waals surface area (Å²) in [6, 6.07) is 17.2. The molecule has 32 heavy (non-hydrogen) atoms. The van der Waals surface area contributed by atoms with Crippen LogP contribution in [-0.4, -0.2) is 26.0 Å². The summed E-state index contributed by atoms with van der Waals surface area (Å²) in [5.74, 6) is 1.21. The fourth-order valence-corrected chi connectivity index (χ4v) is 5.17. The van der Waals surface area contributed by atoms with Crippen LogP contribution in [0.15, 0.2) is 75.0 Å². The SMILES string of the molecule is O=C(NCc1noc(CSc2nc(-c3cccs3)c(-c3cccs3)[nH]2)n1)c1ccccc1. The number of nitrogens with zero attached hydrogens (tertiary/aromatic N) is 3. The number of aromatic nitrogens is 4.